The first kappa shape index (κ1) is 27.9. The van der Waals surface area contributed by atoms with Gasteiger partial charge in [-0.3, -0.25) is 14.5 Å². The molecule has 1 N–H and O–H groups in total. The minimum Gasteiger partial charge on any atom is -0.496 e. The van der Waals surface area contributed by atoms with Crippen LogP contribution in [0.15, 0.2) is 60.7 Å². The molecule has 0 bridgehead atoms. The average molecular weight is 617 g/mol. The molecule has 216 valence electrons. The molecule has 3 aromatic carbocycles. The van der Waals surface area contributed by atoms with Crippen molar-refractivity contribution < 1.29 is 32.2 Å². The van der Waals surface area contributed by atoms with Crippen LogP contribution >= 0.6 is 23.2 Å². The van der Waals surface area contributed by atoms with Crippen LogP contribution in [0.4, 0.5) is 24.5 Å². The molecule has 3 heterocycles. The lowest BCUT2D eigenvalue weighted by atomic mass is 9.87. The van der Waals surface area contributed by atoms with Crippen molar-refractivity contribution in [2.75, 3.05) is 17.3 Å². The minimum atomic E-state index is -4.90. The predicted octanol–water partition coefficient (Wildman–Crippen LogP) is 7.20. The van der Waals surface area contributed by atoms with Crippen LogP contribution in [0, 0.1) is 0 Å². The number of amides is 2. The Labute approximate surface area is 247 Å². The maximum atomic E-state index is 14.3. The van der Waals surface area contributed by atoms with E-state index in [0.29, 0.717) is 32.5 Å². The number of imidazole rings is 1. The van der Waals surface area contributed by atoms with Gasteiger partial charge in [-0.05, 0) is 56.3 Å². The quantitative estimate of drug-likeness (QED) is 0.256. The first-order valence-corrected chi connectivity index (χ1v) is 13.4. The van der Waals surface area contributed by atoms with Gasteiger partial charge in [-0.2, -0.15) is 0 Å². The second kappa shape index (κ2) is 9.67. The number of benzene rings is 3. The molecule has 42 heavy (non-hydrogen) atoms. The van der Waals surface area contributed by atoms with E-state index in [1.807, 2.05) is 13.8 Å². The fourth-order valence-electron chi connectivity index (χ4n) is 5.69. The van der Waals surface area contributed by atoms with Gasteiger partial charge in [0.05, 0.1) is 18.4 Å². The number of rotatable bonds is 5. The molecule has 2 aliphatic rings. The summed E-state index contributed by atoms with van der Waals surface area (Å²) in [5, 5.41) is 3.61. The summed E-state index contributed by atoms with van der Waals surface area (Å²) >= 11 is 12.6. The van der Waals surface area contributed by atoms with Crippen LogP contribution in [-0.4, -0.2) is 34.8 Å². The summed E-state index contributed by atoms with van der Waals surface area (Å²) < 4.78 is 49.9. The van der Waals surface area contributed by atoms with Crippen molar-refractivity contribution >= 4 is 46.4 Å². The molecule has 13 heteroatoms. The van der Waals surface area contributed by atoms with E-state index in [1.54, 1.807) is 47.0 Å². The minimum absolute atomic E-state index is 0.00528. The molecule has 0 unspecified atom stereocenters. The Bertz CT molecular complexity index is 1790. The lowest BCUT2D eigenvalue weighted by Gasteiger charge is -2.35. The highest BCUT2D eigenvalue weighted by Gasteiger charge is 2.64. The van der Waals surface area contributed by atoms with E-state index in [-0.39, 0.29) is 29.0 Å². The van der Waals surface area contributed by atoms with Gasteiger partial charge in [0, 0.05) is 39.1 Å². The molecule has 1 spiro atoms. The van der Waals surface area contributed by atoms with E-state index < -0.39 is 29.5 Å². The van der Waals surface area contributed by atoms with Crippen LogP contribution in [0.5, 0.6) is 11.5 Å². The molecule has 0 fully saturated rings. The second-order valence-corrected chi connectivity index (χ2v) is 10.9. The molecule has 6 rings (SSSR count). The number of carbonyl (C=O) groups is 2. The van der Waals surface area contributed by atoms with Crippen molar-refractivity contribution in [2.45, 2.75) is 31.8 Å². The van der Waals surface area contributed by atoms with E-state index in [9.17, 15) is 22.8 Å². The zero-order chi connectivity index (χ0) is 30.1. The molecule has 0 saturated carbocycles. The Kier molecular flexibility index (Phi) is 6.43. The molecule has 2 amide bonds. The van der Waals surface area contributed by atoms with E-state index >= 15 is 0 Å². The lowest BCUT2D eigenvalue weighted by molar-refractivity contribution is -0.274. The predicted molar refractivity (Wildman–Crippen MR) is 150 cm³/mol. The number of carbonyl (C=O) groups excluding carboxylic acids is 2. The normalized spacial score (nSPS) is 17.6. The third-order valence-corrected chi connectivity index (χ3v) is 7.64. The van der Waals surface area contributed by atoms with Gasteiger partial charge in [0.1, 0.15) is 17.3 Å². The summed E-state index contributed by atoms with van der Waals surface area (Å²) in [6.07, 6.45) is -4.90. The molecule has 4 aromatic rings. The van der Waals surface area contributed by atoms with Crippen molar-refractivity contribution in [3.63, 3.8) is 0 Å². The van der Waals surface area contributed by atoms with Gasteiger partial charge in [0.2, 0.25) is 0 Å². The van der Waals surface area contributed by atoms with E-state index in [4.69, 9.17) is 32.9 Å². The van der Waals surface area contributed by atoms with Crippen LogP contribution < -0.4 is 19.7 Å². The molecule has 0 saturated heterocycles. The zero-order valence-corrected chi connectivity index (χ0v) is 23.7. The maximum Gasteiger partial charge on any atom is 0.573 e. The summed E-state index contributed by atoms with van der Waals surface area (Å²) in [6, 6.07) is 14.7. The highest BCUT2D eigenvalue weighted by atomic mass is 35.5. The maximum absolute atomic E-state index is 14.3. The molecule has 0 aliphatic carbocycles. The summed E-state index contributed by atoms with van der Waals surface area (Å²) in [5.74, 6) is -1.32. The van der Waals surface area contributed by atoms with Crippen LogP contribution in [0.2, 0.25) is 10.0 Å². The molecule has 0 radical (unpaired) electrons. The van der Waals surface area contributed by atoms with Gasteiger partial charge in [0.25, 0.3) is 11.8 Å². The van der Waals surface area contributed by atoms with E-state index in [2.05, 4.69) is 10.1 Å². The molecule has 1 atom stereocenters. The van der Waals surface area contributed by atoms with Gasteiger partial charge in [-0.1, -0.05) is 35.3 Å². The smallest absolute Gasteiger partial charge is 0.496 e. The monoisotopic (exact) mass is 616 g/mol. The number of alkyl halides is 3. The molecular weight excluding hydrogens is 596 g/mol. The second-order valence-electron chi connectivity index (χ2n) is 9.98. The van der Waals surface area contributed by atoms with Gasteiger partial charge in [-0.15, -0.1) is 13.2 Å². The Balaban J connectivity index is 1.65. The van der Waals surface area contributed by atoms with Crippen molar-refractivity contribution in [3.8, 4) is 22.9 Å². The van der Waals surface area contributed by atoms with E-state index in [1.165, 1.54) is 18.1 Å². The summed E-state index contributed by atoms with van der Waals surface area (Å²) in [7, 11) is 1.30. The van der Waals surface area contributed by atoms with E-state index in [0.717, 1.165) is 12.1 Å². The SMILES string of the molecule is COc1cc(OC(F)(F)F)ccc1-c1nc2c(n1C(C)C)[C@@]1(C(=O)Nc3cc(Cl)ccc31)N(c1cccc(Cl)c1)C2=O. The fraction of sp³-hybridized carbons (Fsp3) is 0.207. The van der Waals surface area contributed by atoms with Crippen LogP contribution in [0.1, 0.15) is 41.6 Å². The largest absolute Gasteiger partial charge is 0.573 e. The molecular formula is C29H21Cl2F3N4O4. The highest BCUT2D eigenvalue weighted by Crippen LogP contribution is 2.55. The first-order valence-electron chi connectivity index (χ1n) is 12.6. The van der Waals surface area contributed by atoms with Gasteiger partial charge < -0.3 is 19.4 Å². The summed E-state index contributed by atoms with van der Waals surface area (Å²) in [5.41, 5.74) is 0.124. The third kappa shape index (κ3) is 4.10. The molecule has 8 nitrogen and oxygen atoms in total. The average Bonchev–Trinajstić information content (AvgIpc) is 3.51. The van der Waals surface area contributed by atoms with Crippen molar-refractivity contribution in [3.05, 3.63) is 87.7 Å². The number of nitrogens with zero attached hydrogens (tertiary/aromatic N) is 3. The van der Waals surface area contributed by atoms with Gasteiger partial charge >= 0.3 is 6.36 Å². The van der Waals surface area contributed by atoms with Crippen molar-refractivity contribution in [1.29, 1.82) is 0 Å². The topological polar surface area (TPSA) is 85.7 Å². The number of anilines is 2. The van der Waals surface area contributed by atoms with Gasteiger partial charge in [0.15, 0.2) is 11.2 Å². The number of nitrogens with one attached hydrogen (secondary N) is 1. The number of aromatic nitrogens is 2. The number of hydrogen-bond donors (Lipinski definition) is 1. The van der Waals surface area contributed by atoms with Crippen molar-refractivity contribution in [2.24, 2.45) is 0 Å². The summed E-state index contributed by atoms with van der Waals surface area (Å²) in [4.78, 5) is 34.6. The number of hydrogen-bond acceptors (Lipinski definition) is 5. The number of fused-ring (bicyclic) bond motifs is 4. The Morgan fingerprint density at radius 1 is 1.00 bits per heavy atom. The summed E-state index contributed by atoms with van der Waals surface area (Å²) in [6.45, 7) is 3.68. The van der Waals surface area contributed by atoms with Crippen LogP contribution in [-0.2, 0) is 10.3 Å². The number of halogens is 5. The lowest BCUT2D eigenvalue weighted by Crippen LogP contribution is -2.51. The highest BCUT2D eigenvalue weighted by molar-refractivity contribution is 6.32. The Morgan fingerprint density at radius 2 is 1.74 bits per heavy atom. The molecule has 2 aliphatic heterocycles. The Morgan fingerprint density at radius 3 is 2.40 bits per heavy atom. The number of ether oxygens (including phenoxy) is 2. The fourth-order valence-corrected chi connectivity index (χ4v) is 6.05. The standard InChI is InChI=1S/C29H21Cl2F3N4O4/c1-14(2)37-24-23(36-25(37)19-9-8-18(13-22(19)41-3)42-29(32,33)34)26(39)38(17-6-4-5-15(30)11-17)28(24)20-10-7-16(31)12-21(20)35-27(28)40/h4-14H,1-3H3,(H,35,40)/t28-/m0/s1. The third-order valence-electron chi connectivity index (χ3n) is 7.17. The first-order chi connectivity index (χ1) is 19.9. The van der Waals surface area contributed by atoms with Crippen LogP contribution in [0.25, 0.3) is 11.4 Å². The zero-order valence-electron chi connectivity index (χ0n) is 22.2. The Hall–Kier alpha value is -4.22. The van der Waals surface area contributed by atoms with Gasteiger partial charge in [-0.25, -0.2) is 4.98 Å². The van der Waals surface area contributed by atoms with Crippen molar-refractivity contribution in [1.82, 2.24) is 9.55 Å². The molecule has 1 aromatic heterocycles. The van der Waals surface area contributed by atoms with Crippen LogP contribution in [0.3, 0.4) is 0 Å². The number of methoxy groups -OCH3 is 1.